The first kappa shape index (κ1) is 29.3. The van der Waals surface area contributed by atoms with Crippen LogP contribution in [0.15, 0.2) is 53.2 Å². The number of anilines is 2. The maximum atomic E-state index is 12.8. The molecule has 1 aliphatic heterocycles. The molecule has 1 aromatic carbocycles. The zero-order valence-corrected chi connectivity index (χ0v) is 24.8. The number of likely N-dealkylation sites (tertiary alicyclic amines) is 1. The number of carbonyl (C=O) groups excluding carboxylic acids is 2. The summed E-state index contributed by atoms with van der Waals surface area (Å²) in [5.74, 6) is 0.438. The summed E-state index contributed by atoms with van der Waals surface area (Å²) in [5, 5.41) is 9.60. The fourth-order valence-corrected chi connectivity index (χ4v) is 5.10. The van der Waals surface area contributed by atoms with Crippen molar-refractivity contribution < 1.29 is 18.8 Å². The van der Waals surface area contributed by atoms with E-state index < -0.39 is 0 Å². The Hall–Kier alpha value is -3.72. The lowest BCUT2D eigenvalue weighted by atomic mass is 9.79. The van der Waals surface area contributed by atoms with E-state index in [-0.39, 0.29) is 40.8 Å². The monoisotopic (exact) mass is 547 g/mol. The van der Waals surface area contributed by atoms with E-state index >= 15 is 0 Å². The Morgan fingerprint density at radius 3 is 2.23 bits per heavy atom. The number of rotatable bonds is 7. The van der Waals surface area contributed by atoms with Gasteiger partial charge in [-0.1, -0.05) is 38.1 Å². The van der Waals surface area contributed by atoms with Crippen LogP contribution < -0.4 is 15.4 Å². The fraction of sp³-hybridized carbons (Fsp3) is 0.484. The van der Waals surface area contributed by atoms with E-state index in [9.17, 15) is 9.59 Å². The standard InChI is InChI=1S/C31H41N5O4/c1-29(2,3)25-16-27(40-35-25)34-26(37)15-20-9-11-21(12-10-20)33-28(38)24-14-13-22(19-32-24)39-23-17-30(4,5)36(8)31(6,7)18-23/h9-14,16,19,23H,15,17-18H2,1-8H3,(H,33,38)(H,34,37). The highest BCUT2D eigenvalue weighted by molar-refractivity contribution is 6.02. The number of benzene rings is 1. The summed E-state index contributed by atoms with van der Waals surface area (Å²) < 4.78 is 11.5. The van der Waals surface area contributed by atoms with Crippen LogP contribution in [0.3, 0.4) is 0 Å². The molecule has 0 bridgehead atoms. The SMILES string of the molecule is CN1C(C)(C)CC(Oc2ccc(C(=O)Nc3ccc(CC(=O)Nc4cc(C(C)(C)C)no4)cc3)nc2)CC1(C)C. The number of hydrogen-bond donors (Lipinski definition) is 2. The number of piperidine rings is 1. The van der Waals surface area contributed by atoms with Crippen LogP contribution in [0, 0.1) is 0 Å². The van der Waals surface area contributed by atoms with Gasteiger partial charge in [-0.15, -0.1) is 0 Å². The highest BCUT2D eigenvalue weighted by Crippen LogP contribution is 2.38. The molecule has 9 nitrogen and oxygen atoms in total. The second-order valence-electron chi connectivity index (χ2n) is 12.9. The van der Waals surface area contributed by atoms with Gasteiger partial charge in [-0.25, -0.2) is 4.98 Å². The minimum absolute atomic E-state index is 0.0199. The lowest BCUT2D eigenvalue weighted by Crippen LogP contribution is -2.60. The van der Waals surface area contributed by atoms with Crippen LogP contribution in [0.2, 0.25) is 0 Å². The van der Waals surface area contributed by atoms with Crippen LogP contribution in [0.1, 0.15) is 83.1 Å². The zero-order valence-electron chi connectivity index (χ0n) is 24.8. The van der Waals surface area contributed by atoms with Gasteiger partial charge in [-0.2, -0.15) is 0 Å². The molecule has 0 unspecified atom stereocenters. The third kappa shape index (κ3) is 7.07. The van der Waals surface area contributed by atoms with Gasteiger partial charge in [0.25, 0.3) is 5.91 Å². The molecule has 40 heavy (non-hydrogen) atoms. The van der Waals surface area contributed by atoms with Gasteiger partial charge in [-0.05, 0) is 64.6 Å². The predicted octanol–water partition coefficient (Wildman–Crippen LogP) is 5.83. The molecule has 2 aromatic heterocycles. The first-order valence-corrected chi connectivity index (χ1v) is 13.7. The topological polar surface area (TPSA) is 110 Å². The Morgan fingerprint density at radius 2 is 1.68 bits per heavy atom. The molecule has 1 aliphatic rings. The largest absolute Gasteiger partial charge is 0.489 e. The highest BCUT2D eigenvalue weighted by Gasteiger charge is 2.44. The fourth-order valence-electron chi connectivity index (χ4n) is 5.10. The molecule has 0 radical (unpaired) electrons. The molecule has 3 heterocycles. The van der Waals surface area contributed by atoms with Gasteiger partial charge in [-0.3, -0.25) is 19.8 Å². The van der Waals surface area contributed by atoms with Crippen molar-refractivity contribution in [1.82, 2.24) is 15.0 Å². The average Bonchev–Trinajstić information content (AvgIpc) is 3.33. The third-order valence-electron chi connectivity index (χ3n) is 7.66. The maximum Gasteiger partial charge on any atom is 0.274 e. The molecule has 3 aromatic rings. The Morgan fingerprint density at radius 1 is 1.02 bits per heavy atom. The van der Waals surface area contributed by atoms with E-state index in [4.69, 9.17) is 9.26 Å². The third-order valence-corrected chi connectivity index (χ3v) is 7.66. The molecular formula is C31H41N5O4. The van der Waals surface area contributed by atoms with Crippen molar-refractivity contribution >= 4 is 23.4 Å². The first-order chi connectivity index (χ1) is 18.6. The molecule has 214 valence electrons. The van der Waals surface area contributed by atoms with Gasteiger partial charge in [0.2, 0.25) is 11.8 Å². The smallest absolute Gasteiger partial charge is 0.274 e. The van der Waals surface area contributed by atoms with Gasteiger partial charge in [0.1, 0.15) is 17.5 Å². The normalized spacial score (nSPS) is 17.3. The molecular weight excluding hydrogens is 506 g/mol. The first-order valence-electron chi connectivity index (χ1n) is 13.7. The van der Waals surface area contributed by atoms with Crippen molar-refractivity contribution in [3.8, 4) is 5.75 Å². The van der Waals surface area contributed by atoms with Crippen LogP contribution in [-0.4, -0.2) is 51.1 Å². The minimum Gasteiger partial charge on any atom is -0.489 e. The lowest BCUT2D eigenvalue weighted by molar-refractivity contribution is -0.115. The van der Waals surface area contributed by atoms with Crippen LogP contribution >= 0.6 is 0 Å². The Balaban J connectivity index is 1.29. The van der Waals surface area contributed by atoms with Gasteiger partial charge in [0.15, 0.2) is 0 Å². The van der Waals surface area contributed by atoms with Gasteiger partial charge in [0, 0.05) is 41.1 Å². The van der Waals surface area contributed by atoms with Crippen LogP contribution in [-0.2, 0) is 16.6 Å². The summed E-state index contributed by atoms with van der Waals surface area (Å²) in [7, 11) is 2.16. The predicted molar refractivity (Wildman–Crippen MR) is 156 cm³/mol. The molecule has 4 rings (SSSR count). The van der Waals surface area contributed by atoms with Crippen LogP contribution in [0.5, 0.6) is 5.75 Å². The zero-order chi connectivity index (χ0) is 29.3. The molecule has 0 spiro atoms. The molecule has 2 N–H and O–H groups in total. The van der Waals surface area contributed by atoms with Crippen molar-refractivity contribution in [2.75, 3.05) is 17.7 Å². The quantitative estimate of drug-likeness (QED) is 0.383. The van der Waals surface area contributed by atoms with Crippen LogP contribution in [0.25, 0.3) is 0 Å². The van der Waals surface area contributed by atoms with E-state index in [1.165, 1.54) is 0 Å². The average molecular weight is 548 g/mol. The molecule has 0 saturated carbocycles. The Kier molecular flexibility index (Phi) is 8.08. The molecule has 1 saturated heterocycles. The van der Waals surface area contributed by atoms with Crippen molar-refractivity contribution in [3.05, 3.63) is 65.6 Å². The number of ether oxygens (including phenoxy) is 1. The Bertz CT molecular complexity index is 1320. The summed E-state index contributed by atoms with van der Waals surface area (Å²) in [6.07, 6.45) is 3.65. The van der Waals surface area contributed by atoms with Gasteiger partial charge in [0.05, 0.1) is 18.3 Å². The lowest BCUT2D eigenvalue weighted by Gasteiger charge is -2.53. The number of hydrogen-bond acceptors (Lipinski definition) is 7. The minimum atomic E-state index is -0.321. The summed E-state index contributed by atoms with van der Waals surface area (Å²) in [5.41, 5.74) is 2.34. The summed E-state index contributed by atoms with van der Waals surface area (Å²) in [4.78, 5) is 31.9. The van der Waals surface area contributed by atoms with Crippen LogP contribution in [0.4, 0.5) is 11.6 Å². The van der Waals surface area contributed by atoms with Crippen molar-refractivity contribution in [1.29, 1.82) is 0 Å². The number of amides is 2. The second kappa shape index (κ2) is 11.0. The molecule has 0 atom stereocenters. The number of aromatic nitrogens is 2. The summed E-state index contributed by atoms with van der Waals surface area (Å²) >= 11 is 0. The second-order valence-corrected chi connectivity index (χ2v) is 12.9. The molecule has 2 amide bonds. The van der Waals surface area contributed by atoms with Crippen molar-refractivity contribution in [3.63, 3.8) is 0 Å². The number of nitrogens with zero attached hydrogens (tertiary/aromatic N) is 3. The van der Waals surface area contributed by atoms with Crippen molar-refractivity contribution in [2.45, 2.75) is 90.3 Å². The summed E-state index contributed by atoms with van der Waals surface area (Å²) in [6.45, 7) is 15.0. The van der Waals surface area contributed by atoms with Gasteiger partial charge < -0.3 is 14.6 Å². The Labute approximate surface area is 236 Å². The molecule has 9 heteroatoms. The summed E-state index contributed by atoms with van der Waals surface area (Å²) in [6, 6.07) is 12.3. The van der Waals surface area contributed by atoms with E-state index in [1.54, 1.807) is 48.7 Å². The van der Waals surface area contributed by atoms with E-state index in [2.05, 4.69) is 60.4 Å². The molecule has 1 fully saturated rings. The highest BCUT2D eigenvalue weighted by atomic mass is 16.5. The van der Waals surface area contributed by atoms with E-state index in [0.717, 1.165) is 24.1 Å². The van der Waals surface area contributed by atoms with E-state index in [0.29, 0.717) is 23.0 Å². The number of nitrogens with one attached hydrogen (secondary N) is 2. The van der Waals surface area contributed by atoms with Gasteiger partial charge >= 0.3 is 0 Å². The number of carbonyl (C=O) groups is 2. The van der Waals surface area contributed by atoms with E-state index in [1.807, 2.05) is 20.8 Å². The number of pyridine rings is 1. The molecule has 0 aliphatic carbocycles. The maximum absolute atomic E-state index is 12.8. The van der Waals surface area contributed by atoms with Crippen molar-refractivity contribution in [2.24, 2.45) is 0 Å².